The number of rotatable bonds is 5. The van der Waals surface area contributed by atoms with E-state index in [1.807, 2.05) is 0 Å². The van der Waals surface area contributed by atoms with Gasteiger partial charge in [-0.15, -0.1) is 0 Å². The molecule has 0 aliphatic rings. The van der Waals surface area contributed by atoms with E-state index in [4.69, 9.17) is 5.11 Å². The first-order chi connectivity index (χ1) is 4.31. The summed E-state index contributed by atoms with van der Waals surface area (Å²) in [5.41, 5.74) is 0. The van der Waals surface area contributed by atoms with Crippen LogP contribution in [0.2, 0.25) is 0 Å². The van der Waals surface area contributed by atoms with Gasteiger partial charge in [0, 0.05) is 3.92 Å². The first kappa shape index (κ1) is 9.69. The predicted octanol–water partition coefficient (Wildman–Crippen LogP) is 2.36. The molecule has 0 aromatic carbocycles. The molecule has 1 N–H and O–H groups in total. The van der Waals surface area contributed by atoms with Crippen LogP contribution >= 0.6 is 22.6 Å². The fraction of sp³-hybridized carbons (Fsp3) is 1.00. The molecule has 9 heavy (non-hydrogen) atoms. The van der Waals surface area contributed by atoms with Crippen LogP contribution in [0.1, 0.15) is 32.6 Å². The van der Waals surface area contributed by atoms with Crippen molar-refractivity contribution in [3.8, 4) is 0 Å². The van der Waals surface area contributed by atoms with E-state index in [0.29, 0.717) is 10.5 Å². The highest BCUT2D eigenvalue weighted by atomic mass is 127. The quantitative estimate of drug-likeness (QED) is 0.445. The molecule has 0 rings (SSSR count). The van der Waals surface area contributed by atoms with Crippen LogP contribution in [0.15, 0.2) is 0 Å². The lowest BCUT2D eigenvalue weighted by molar-refractivity contribution is 0.293. The van der Waals surface area contributed by atoms with E-state index in [-0.39, 0.29) is 0 Å². The van der Waals surface area contributed by atoms with Gasteiger partial charge in [-0.05, 0) is 6.42 Å². The van der Waals surface area contributed by atoms with Crippen molar-refractivity contribution in [3.05, 3.63) is 0 Å². The number of hydrogen-bond acceptors (Lipinski definition) is 1. The molecule has 0 heterocycles. The zero-order valence-corrected chi connectivity index (χ0v) is 8.10. The van der Waals surface area contributed by atoms with Crippen LogP contribution < -0.4 is 0 Å². The monoisotopic (exact) mass is 242 g/mol. The molecule has 0 saturated carbocycles. The number of aliphatic hydroxyl groups is 1. The Morgan fingerprint density at radius 1 is 1.44 bits per heavy atom. The summed E-state index contributed by atoms with van der Waals surface area (Å²) in [7, 11) is 0. The van der Waals surface area contributed by atoms with Gasteiger partial charge in [0.2, 0.25) is 0 Å². The van der Waals surface area contributed by atoms with Crippen LogP contribution in [0.25, 0.3) is 0 Å². The molecule has 0 amide bonds. The second kappa shape index (κ2) is 6.81. The summed E-state index contributed by atoms with van der Waals surface area (Å²) < 4.78 is 0.481. The van der Waals surface area contributed by atoms with Crippen molar-refractivity contribution in [3.63, 3.8) is 0 Å². The smallest absolute Gasteiger partial charge is 0.0548 e. The SMILES string of the molecule is CCCCCC(I)CO. The minimum atomic E-state index is 0.338. The summed E-state index contributed by atoms with van der Waals surface area (Å²) in [6.45, 7) is 2.53. The van der Waals surface area contributed by atoms with Gasteiger partial charge in [0.15, 0.2) is 0 Å². The van der Waals surface area contributed by atoms with Crippen molar-refractivity contribution >= 4 is 22.6 Å². The molecular weight excluding hydrogens is 227 g/mol. The Bertz CT molecular complexity index is 56.9. The van der Waals surface area contributed by atoms with E-state index < -0.39 is 0 Å². The van der Waals surface area contributed by atoms with Gasteiger partial charge >= 0.3 is 0 Å². The maximum Gasteiger partial charge on any atom is 0.0548 e. The predicted molar refractivity (Wildman–Crippen MR) is 49.0 cm³/mol. The van der Waals surface area contributed by atoms with Gasteiger partial charge in [0.05, 0.1) is 6.61 Å². The van der Waals surface area contributed by atoms with E-state index in [0.717, 1.165) is 0 Å². The molecule has 0 aliphatic carbocycles. The van der Waals surface area contributed by atoms with E-state index in [2.05, 4.69) is 29.5 Å². The molecule has 0 fully saturated rings. The first-order valence-electron chi connectivity index (χ1n) is 3.56. The summed E-state index contributed by atoms with van der Waals surface area (Å²) in [5.74, 6) is 0. The topological polar surface area (TPSA) is 20.2 Å². The molecule has 0 saturated heterocycles. The fourth-order valence-electron chi connectivity index (χ4n) is 0.707. The molecule has 0 spiro atoms. The molecule has 1 atom stereocenters. The minimum absolute atomic E-state index is 0.338. The van der Waals surface area contributed by atoms with Crippen LogP contribution in [0.5, 0.6) is 0 Å². The molecule has 0 aliphatic heterocycles. The van der Waals surface area contributed by atoms with Crippen LogP contribution in [0.4, 0.5) is 0 Å². The van der Waals surface area contributed by atoms with Crippen molar-refractivity contribution < 1.29 is 5.11 Å². The van der Waals surface area contributed by atoms with Crippen LogP contribution in [-0.4, -0.2) is 15.6 Å². The molecular formula is C7H15IO. The molecule has 0 radical (unpaired) electrons. The number of halogens is 1. The van der Waals surface area contributed by atoms with E-state index in [1.54, 1.807) is 0 Å². The van der Waals surface area contributed by atoms with Gasteiger partial charge in [0.1, 0.15) is 0 Å². The van der Waals surface area contributed by atoms with Gasteiger partial charge < -0.3 is 5.11 Å². The Morgan fingerprint density at radius 2 is 2.11 bits per heavy atom. The van der Waals surface area contributed by atoms with Crippen molar-refractivity contribution in [2.75, 3.05) is 6.61 Å². The lowest BCUT2D eigenvalue weighted by atomic mass is 10.2. The molecule has 1 nitrogen and oxygen atoms in total. The van der Waals surface area contributed by atoms with Gasteiger partial charge in [-0.2, -0.15) is 0 Å². The second-order valence-electron chi connectivity index (χ2n) is 2.28. The van der Waals surface area contributed by atoms with Crippen LogP contribution in [-0.2, 0) is 0 Å². The first-order valence-corrected chi connectivity index (χ1v) is 4.80. The summed E-state index contributed by atoms with van der Waals surface area (Å²) in [5, 5.41) is 8.63. The molecule has 0 aromatic heterocycles. The Hall–Kier alpha value is 0.690. The molecule has 2 heteroatoms. The average molecular weight is 242 g/mol. The van der Waals surface area contributed by atoms with Crippen LogP contribution in [0.3, 0.4) is 0 Å². The lowest BCUT2D eigenvalue weighted by Gasteiger charge is -2.03. The Balaban J connectivity index is 2.88. The summed E-state index contributed by atoms with van der Waals surface area (Å²) >= 11 is 2.30. The maximum absolute atomic E-state index is 8.63. The van der Waals surface area contributed by atoms with Gasteiger partial charge in [-0.25, -0.2) is 0 Å². The standard InChI is InChI=1S/C7H15IO/c1-2-3-4-5-7(8)6-9/h7,9H,2-6H2,1H3. The Morgan fingerprint density at radius 3 is 2.56 bits per heavy atom. The maximum atomic E-state index is 8.63. The summed E-state index contributed by atoms with van der Waals surface area (Å²) in [4.78, 5) is 0. The third-order valence-corrected chi connectivity index (χ3v) is 2.34. The average Bonchev–Trinajstić information content (AvgIpc) is 1.89. The van der Waals surface area contributed by atoms with E-state index in [9.17, 15) is 0 Å². The van der Waals surface area contributed by atoms with Crippen molar-refractivity contribution in [2.45, 2.75) is 36.5 Å². The normalized spacial score (nSPS) is 13.7. The summed E-state index contributed by atoms with van der Waals surface area (Å²) in [6, 6.07) is 0. The number of alkyl halides is 1. The van der Waals surface area contributed by atoms with Gasteiger partial charge in [-0.1, -0.05) is 48.8 Å². The Kier molecular flexibility index (Phi) is 7.33. The van der Waals surface area contributed by atoms with Crippen molar-refractivity contribution in [2.24, 2.45) is 0 Å². The number of unbranched alkanes of at least 4 members (excludes halogenated alkanes) is 2. The minimum Gasteiger partial charge on any atom is -0.395 e. The van der Waals surface area contributed by atoms with Gasteiger partial charge in [-0.3, -0.25) is 0 Å². The Labute approximate surface area is 71.0 Å². The number of aliphatic hydroxyl groups excluding tert-OH is 1. The zero-order chi connectivity index (χ0) is 7.11. The van der Waals surface area contributed by atoms with Crippen LogP contribution in [0, 0.1) is 0 Å². The summed E-state index contributed by atoms with van der Waals surface area (Å²) in [6.07, 6.45) is 5.02. The highest BCUT2D eigenvalue weighted by Crippen LogP contribution is 2.10. The van der Waals surface area contributed by atoms with Crippen molar-refractivity contribution in [1.29, 1.82) is 0 Å². The number of hydrogen-bond donors (Lipinski definition) is 1. The second-order valence-corrected chi connectivity index (χ2v) is 4.04. The third-order valence-electron chi connectivity index (χ3n) is 1.32. The molecule has 0 bridgehead atoms. The van der Waals surface area contributed by atoms with E-state index >= 15 is 0 Å². The van der Waals surface area contributed by atoms with Gasteiger partial charge in [0.25, 0.3) is 0 Å². The van der Waals surface area contributed by atoms with Crippen molar-refractivity contribution in [1.82, 2.24) is 0 Å². The fourth-order valence-corrected chi connectivity index (χ4v) is 1.15. The molecule has 0 aromatic rings. The highest BCUT2D eigenvalue weighted by Gasteiger charge is 1.98. The van der Waals surface area contributed by atoms with E-state index in [1.165, 1.54) is 25.7 Å². The highest BCUT2D eigenvalue weighted by molar-refractivity contribution is 14.1. The largest absolute Gasteiger partial charge is 0.395 e. The molecule has 56 valence electrons. The molecule has 1 unspecified atom stereocenters. The lowest BCUT2D eigenvalue weighted by Crippen LogP contribution is -2.02. The zero-order valence-electron chi connectivity index (χ0n) is 5.94. The third kappa shape index (κ3) is 6.58.